The Labute approximate surface area is 187 Å². The molecule has 156 valence electrons. The van der Waals surface area contributed by atoms with Gasteiger partial charge in [-0.05, 0) is 44.0 Å². The summed E-state index contributed by atoms with van der Waals surface area (Å²) in [5.41, 5.74) is 7.12. The number of amides is 1. The Morgan fingerprint density at radius 2 is 1.55 bits per heavy atom. The zero-order valence-corrected chi connectivity index (χ0v) is 18.7. The number of thioether (sulfide) groups is 1. The minimum atomic E-state index is -0.306. The first-order chi connectivity index (χ1) is 15.0. The highest BCUT2D eigenvalue weighted by Crippen LogP contribution is 2.34. The van der Waals surface area contributed by atoms with Crippen molar-refractivity contribution in [2.75, 3.05) is 5.32 Å². The van der Waals surface area contributed by atoms with Gasteiger partial charge in [0.25, 0.3) is 0 Å². The number of aryl methyl sites for hydroxylation is 2. The van der Waals surface area contributed by atoms with E-state index in [0.29, 0.717) is 0 Å². The normalized spacial score (nSPS) is 11.8. The number of rotatable bonds is 6. The lowest BCUT2D eigenvalue weighted by Gasteiger charge is -2.11. The van der Waals surface area contributed by atoms with Crippen LogP contribution in [0, 0.1) is 13.8 Å². The lowest BCUT2D eigenvalue weighted by atomic mass is 10.1. The molecule has 0 aliphatic heterocycles. The van der Waals surface area contributed by atoms with Crippen LogP contribution in [0.15, 0.2) is 84.0 Å². The van der Waals surface area contributed by atoms with E-state index in [4.69, 9.17) is 4.98 Å². The number of anilines is 1. The van der Waals surface area contributed by atoms with Crippen LogP contribution >= 0.6 is 11.8 Å². The number of imidazole rings is 1. The molecule has 0 bridgehead atoms. The van der Waals surface area contributed by atoms with E-state index >= 15 is 0 Å². The zero-order chi connectivity index (χ0) is 21.8. The largest absolute Gasteiger partial charge is 0.332 e. The van der Waals surface area contributed by atoms with E-state index in [9.17, 15) is 4.79 Å². The van der Waals surface area contributed by atoms with Gasteiger partial charge in [-0.15, -0.1) is 0 Å². The Bertz CT molecular complexity index is 1130. The van der Waals surface area contributed by atoms with Gasteiger partial charge in [0.05, 0.1) is 16.6 Å². The van der Waals surface area contributed by atoms with Crippen LogP contribution in [0.3, 0.4) is 0 Å². The van der Waals surface area contributed by atoms with Gasteiger partial charge < -0.3 is 10.3 Å². The average molecular weight is 428 g/mol. The molecule has 31 heavy (non-hydrogen) atoms. The first-order valence-electron chi connectivity index (χ1n) is 10.3. The number of carbonyl (C=O) groups excluding carboxylic acids is 1. The van der Waals surface area contributed by atoms with Crippen LogP contribution in [0.2, 0.25) is 0 Å². The molecule has 4 rings (SSSR count). The summed E-state index contributed by atoms with van der Waals surface area (Å²) in [6, 6.07) is 26.2. The predicted octanol–water partition coefficient (Wildman–Crippen LogP) is 6.48. The molecule has 4 nitrogen and oxygen atoms in total. The van der Waals surface area contributed by atoms with Crippen molar-refractivity contribution >= 4 is 23.4 Å². The van der Waals surface area contributed by atoms with Crippen molar-refractivity contribution < 1.29 is 4.79 Å². The van der Waals surface area contributed by atoms with Gasteiger partial charge in [0.15, 0.2) is 5.16 Å². The summed E-state index contributed by atoms with van der Waals surface area (Å²) in [5.74, 6) is -0.0489. The second kappa shape index (κ2) is 9.23. The average Bonchev–Trinajstić information content (AvgIpc) is 3.21. The molecular weight excluding hydrogens is 402 g/mol. The number of aromatic nitrogens is 2. The Hall–Kier alpha value is -3.31. The highest BCUT2D eigenvalue weighted by molar-refractivity contribution is 8.00. The number of hydrogen-bond donors (Lipinski definition) is 2. The number of carbonyl (C=O) groups is 1. The zero-order valence-electron chi connectivity index (χ0n) is 17.8. The Balaban J connectivity index is 1.57. The third-order valence-corrected chi connectivity index (χ3v) is 6.21. The quantitative estimate of drug-likeness (QED) is 0.346. The molecule has 0 aliphatic rings. The molecular formula is C26H25N3OS. The third kappa shape index (κ3) is 4.89. The van der Waals surface area contributed by atoms with Crippen LogP contribution in [-0.2, 0) is 4.79 Å². The second-order valence-electron chi connectivity index (χ2n) is 7.55. The number of nitrogens with one attached hydrogen (secondary N) is 2. The molecule has 1 aromatic heterocycles. The summed E-state index contributed by atoms with van der Waals surface area (Å²) in [6.07, 6.45) is 0. The molecule has 5 heteroatoms. The molecule has 1 unspecified atom stereocenters. The molecule has 1 heterocycles. The Kier molecular flexibility index (Phi) is 6.23. The van der Waals surface area contributed by atoms with Crippen LogP contribution in [0.5, 0.6) is 0 Å². The van der Waals surface area contributed by atoms with Crippen molar-refractivity contribution in [3.63, 3.8) is 0 Å². The number of benzene rings is 3. The second-order valence-corrected chi connectivity index (χ2v) is 8.88. The number of nitrogens with zero attached hydrogens (tertiary/aromatic N) is 1. The molecule has 0 fully saturated rings. The van der Waals surface area contributed by atoms with Crippen molar-refractivity contribution in [2.24, 2.45) is 0 Å². The van der Waals surface area contributed by atoms with E-state index in [1.807, 2.05) is 80.6 Å². The molecule has 1 amide bonds. The molecule has 0 spiro atoms. The standard InChI is InChI=1S/C26H25N3OS/c1-17-14-15-22(16-18(17)2)27-25(30)19(3)31-26-28-23(20-10-6-4-7-11-20)24(29-26)21-12-8-5-9-13-21/h4-16,19H,1-3H3,(H,27,30)(H,28,29). The molecule has 4 aromatic rings. The van der Waals surface area contributed by atoms with Gasteiger partial charge in [0.2, 0.25) is 5.91 Å². The van der Waals surface area contributed by atoms with E-state index in [-0.39, 0.29) is 11.2 Å². The summed E-state index contributed by atoms with van der Waals surface area (Å²) < 4.78 is 0. The first-order valence-corrected chi connectivity index (χ1v) is 11.1. The fourth-order valence-electron chi connectivity index (χ4n) is 3.31. The van der Waals surface area contributed by atoms with Crippen LogP contribution in [0.25, 0.3) is 22.5 Å². The minimum Gasteiger partial charge on any atom is -0.332 e. The molecule has 0 aliphatic carbocycles. The topological polar surface area (TPSA) is 57.8 Å². The number of aromatic amines is 1. The van der Waals surface area contributed by atoms with Gasteiger partial charge in [0.1, 0.15) is 0 Å². The number of H-pyrrole nitrogens is 1. The summed E-state index contributed by atoms with van der Waals surface area (Å²) in [7, 11) is 0. The van der Waals surface area contributed by atoms with E-state index in [2.05, 4.69) is 29.4 Å². The lowest BCUT2D eigenvalue weighted by Crippen LogP contribution is -2.22. The molecule has 2 N–H and O–H groups in total. The van der Waals surface area contributed by atoms with Crippen LogP contribution in [0.4, 0.5) is 5.69 Å². The van der Waals surface area contributed by atoms with Crippen molar-refractivity contribution in [3.05, 3.63) is 90.0 Å². The van der Waals surface area contributed by atoms with Crippen LogP contribution < -0.4 is 5.32 Å². The highest BCUT2D eigenvalue weighted by atomic mass is 32.2. The van der Waals surface area contributed by atoms with Crippen molar-refractivity contribution in [1.82, 2.24) is 9.97 Å². The maximum Gasteiger partial charge on any atom is 0.237 e. The van der Waals surface area contributed by atoms with Crippen LogP contribution in [0.1, 0.15) is 18.1 Å². The summed E-state index contributed by atoms with van der Waals surface area (Å²) in [4.78, 5) is 21.0. The smallest absolute Gasteiger partial charge is 0.237 e. The fraction of sp³-hybridized carbons (Fsp3) is 0.154. The van der Waals surface area contributed by atoms with Crippen molar-refractivity contribution in [3.8, 4) is 22.5 Å². The lowest BCUT2D eigenvalue weighted by molar-refractivity contribution is -0.115. The van der Waals surface area contributed by atoms with Crippen LogP contribution in [-0.4, -0.2) is 21.1 Å². The summed E-state index contributed by atoms with van der Waals surface area (Å²) >= 11 is 1.42. The van der Waals surface area contributed by atoms with Gasteiger partial charge in [-0.2, -0.15) is 0 Å². The van der Waals surface area contributed by atoms with Gasteiger partial charge in [0, 0.05) is 16.8 Å². The molecule has 3 aromatic carbocycles. The van der Waals surface area contributed by atoms with Crippen molar-refractivity contribution in [2.45, 2.75) is 31.2 Å². The van der Waals surface area contributed by atoms with E-state index in [0.717, 1.165) is 38.9 Å². The van der Waals surface area contributed by atoms with E-state index < -0.39 is 0 Å². The van der Waals surface area contributed by atoms with E-state index in [1.165, 1.54) is 17.3 Å². The maximum absolute atomic E-state index is 12.8. The maximum atomic E-state index is 12.8. The predicted molar refractivity (Wildman–Crippen MR) is 129 cm³/mol. The van der Waals surface area contributed by atoms with Gasteiger partial charge in [-0.25, -0.2) is 4.98 Å². The molecule has 0 saturated carbocycles. The summed E-state index contributed by atoms with van der Waals surface area (Å²) in [5, 5.41) is 3.43. The summed E-state index contributed by atoms with van der Waals surface area (Å²) in [6.45, 7) is 6.00. The first kappa shape index (κ1) is 20.9. The minimum absolute atomic E-state index is 0.0489. The third-order valence-electron chi connectivity index (χ3n) is 5.22. The van der Waals surface area contributed by atoms with Gasteiger partial charge in [-0.3, -0.25) is 4.79 Å². The SMILES string of the molecule is Cc1ccc(NC(=O)C(C)Sc2nc(-c3ccccc3)c(-c3ccccc3)[nH]2)cc1C. The number of hydrogen-bond acceptors (Lipinski definition) is 3. The van der Waals surface area contributed by atoms with Gasteiger partial charge >= 0.3 is 0 Å². The van der Waals surface area contributed by atoms with Gasteiger partial charge in [-0.1, -0.05) is 78.5 Å². The fourth-order valence-corrected chi connectivity index (χ4v) is 4.12. The Morgan fingerprint density at radius 3 is 2.19 bits per heavy atom. The monoisotopic (exact) mass is 427 g/mol. The molecule has 0 saturated heterocycles. The Morgan fingerprint density at radius 1 is 0.903 bits per heavy atom. The molecule has 0 radical (unpaired) electrons. The molecule has 1 atom stereocenters. The van der Waals surface area contributed by atoms with Crippen molar-refractivity contribution in [1.29, 1.82) is 0 Å². The highest BCUT2D eigenvalue weighted by Gasteiger charge is 2.20. The van der Waals surface area contributed by atoms with E-state index in [1.54, 1.807) is 0 Å².